The predicted molar refractivity (Wildman–Crippen MR) is 70.5 cm³/mol. The summed E-state index contributed by atoms with van der Waals surface area (Å²) in [5.41, 5.74) is 5.72. The second kappa shape index (κ2) is 5.12. The Bertz CT molecular complexity index is 379. The fourth-order valence-corrected chi connectivity index (χ4v) is 3.26. The molecule has 0 saturated heterocycles. The molecule has 3 nitrogen and oxygen atoms in total. The van der Waals surface area contributed by atoms with Crippen LogP contribution in [0.5, 0.6) is 0 Å². The quantitative estimate of drug-likeness (QED) is 0.897. The molecule has 1 saturated carbocycles. The molecule has 0 spiro atoms. The molecule has 1 aliphatic carbocycles. The maximum Gasteiger partial charge on any atom is 0.169 e. The lowest BCUT2D eigenvalue weighted by Gasteiger charge is -2.32. The minimum Gasteiger partial charge on any atom is -0.452 e. The van der Waals surface area contributed by atoms with Crippen molar-refractivity contribution >= 4 is 15.9 Å². The Morgan fingerprint density at radius 3 is 2.88 bits per heavy atom. The molecule has 1 aromatic heterocycles. The van der Waals surface area contributed by atoms with E-state index in [9.17, 15) is 5.11 Å². The lowest BCUT2D eigenvalue weighted by molar-refractivity contribution is 0.0131. The molecular formula is C13H20BrNO2. The van der Waals surface area contributed by atoms with Crippen LogP contribution in [0.2, 0.25) is 0 Å². The van der Waals surface area contributed by atoms with Crippen molar-refractivity contribution in [3.05, 3.63) is 22.6 Å². The van der Waals surface area contributed by atoms with Gasteiger partial charge in [0.15, 0.2) is 4.67 Å². The second-order valence-electron chi connectivity index (χ2n) is 5.13. The lowest BCUT2D eigenvalue weighted by Crippen LogP contribution is -2.34. The molecule has 3 atom stereocenters. The molecule has 17 heavy (non-hydrogen) atoms. The van der Waals surface area contributed by atoms with Gasteiger partial charge in [-0.15, -0.1) is 0 Å². The van der Waals surface area contributed by atoms with E-state index < -0.39 is 6.10 Å². The van der Waals surface area contributed by atoms with Gasteiger partial charge in [0, 0.05) is 12.0 Å². The number of hydrogen-bond acceptors (Lipinski definition) is 3. The van der Waals surface area contributed by atoms with Gasteiger partial charge in [-0.2, -0.15) is 0 Å². The molecule has 0 radical (unpaired) electrons. The molecule has 0 amide bonds. The van der Waals surface area contributed by atoms with Gasteiger partial charge in [0.25, 0.3) is 0 Å². The number of nitrogens with two attached hydrogens (primary N) is 1. The van der Waals surface area contributed by atoms with E-state index in [1.165, 1.54) is 0 Å². The van der Waals surface area contributed by atoms with Gasteiger partial charge in [-0.3, -0.25) is 0 Å². The molecule has 3 N–H and O–H groups in total. The highest BCUT2D eigenvalue weighted by molar-refractivity contribution is 9.10. The van der Waals surface area contributed by atoms with E-state index in [2.05, 4.69) is 22.9 Å². The standard InChI is InChI=1S/C13H20BrNO2/c1-2-9-5-6-13(7-9,8-15)12(16)10-3-4-11(14)17-10/h3-4,9,12,16H,2,5-8,15H2,1H3. The van der Waals surface area contributed by atoms with Crippen LogP contribution in [-0.2, 0) is 0 Å². The van der Waals surface area contributed by atoms with E-state index in [0.29, 0.717) is 22.9 Å². The van der Waals surface area contributed by atoms with Crippen molar-refractivity contribution in [2.45, 2.75) is 38.7 Å². The summed E-state index contributed by atoms with van der Waals surface area (Å²) in [7, 11) is 0. The molecule has 1 heterocycles. The first-order valence-electron chi connectivity index (χ1n) is 6.24. The van der Waals surface area contributed by atoms with E-state index in [1.54, 1.807) is 0 Å². The molecule has 2 rings (SSSR count). The Hall–Kier alpha value is -0.320. The summed E-state index contributed by atoms with van der Waals surface area (Å²) in [4.78, 5) is 0. The predicted octanol–water partition coefficient (Wildman–Crippen LogP) is 3.23. The van der Waals surface area contributed by atoms with Crippen molar-refractivity contribution in [2.24, 2.45) is 17.1 Å². The molecule has 1 fully saturated rings. The molecule has 1 aliphatic rings. The minimum absolute atomic E-state index is 0.196. The van der Waals surface area contributed by atoms with E-state index >= 15 is 0 Å². The number of aliphatic hydroxyl groups is 1. The normalized spacial score (nSPS) is 30.7. The Morgan fingerprint density at radius 2 is 2.41 bits per heavy atom. The van der Waals surface area contributed by atoms with Crippen molar-refractivity contribution < 1.29 is 9.52 Å². The molecule has 4 heteroatoms. The first-order valence-corrected chi connectivity index (χ1v) is 7.04. The van der Waals surface area contributed by atoms with Crippen LogP contribution in [-0.4, -0.2) is 11.7 Å². The third kappa shape index (κ3) is 2.44. The molecular weight excluding hydrogens is 282 g/mol. The highest BCUT2D eigenvalue weighted by Gasteiger charge is 2.44. The van der Waals surface area contributed by atoms with Gasteiger partial charge in [0.1, 0.15) is 11.9 Å². The van der Waals surface area contributed by atoms with E-state index in [-0.39, 0.29) is 5.41 Å². The molecule has 0 aliphatic heterocycles. The molecule has 3 unspecified atom stereocenters. The number of furan rings is 1. The Labute approximate surface area is 111 Å². The van der Waals surface area contributed by atoms with Crippen molar-refractivity contribution in [1.29, 1.82) is 0 Å². The van der Waals surface area contributed by atoms with Gasteiger partial charge in [-0.05, 0) is 53.2 Å². The van der Waals surface area contributed by atoms with Gasteiger partial charge in [0.2, 0.25) is 0 Å². The highest BCUT2D eigenvalue weighted by atomic mass is 79.9. The SMILES string of the molecule is CCC1CCC(CN)(C(O)c2ccc(Br)o2)C1. The summed E-state index contributed by atoms with van der Waals surface area (Å²) in [5, 5.41) is 10.5. The minimum atomic E-state index is -0.588. The van der Waals surface area contributed by atoms with E-state index in [1.807, 2.05) is 12.1 Å². The monoisotopic (exact) mass is 301 g/mol. The van der Waals surface area contributed by atoms with Crippen LogP contribution in [0.25, 0.3) is 0 Å². The van der Waals surface area contributed by atoms with Crippen LogP contribution in [0, 0.1) is 11.3 Å². The zero-order valence-corrected chi connectivity index (χ0v) is 11.7. The third-order valence-electron chi connectivity index (χ3n) is 4.17. The van der Waals surface area contributed by atoms with Gasteiger partial charge >= 0.3 is 0 Å². The summed E-state index contributed by atoms with van der Waals surface area (Å²) in [6.07, 6.45) is 3.72. The Balaban J connectivity index is 2.18. The number of rotatable bonds is 4. The summed E-state index contributed by atoms with van der Waals surface area (Å²) in [6.45, 7) is 2.72. The van der Waals surface area contributed by atoms with E-state index in [0.717, 1.165) is 25.7 Å². The van der Waals surface area contributed by atoms with Crippen LogP contribution in [0.15, 0.2) is 21.2 Å². The molecule has 0 aromatic carbocycles. The van der Waals surface area contributed by atoms with Gasteiger partial charge in [0.05, 0.1) is 0 Å². The number of hydrogen-bond donors (Lipinski definition) is 2. The van der Waals surface area contributed by atoms with Crippen LogP contribution < -0.4 is 5.73 Å². The molecule has 0 bridgehead atoms. The third-order valence-corrected chi connectivity index (χ3v) is 4.60. The average Bonchev–Trinajstić information content (AvgIpc) is 2.95. The number of aliphatic hydroxyl groups excluding tert-OH is 1. The Kier molecular flexibility index (Phi) is 3.95. The van der Waals surface area contributed by atoms with Crippen LogP contribution in [0.3, 0.4) is 0 Å². The van der Waals surface area contributed by atoms with Gasteiger partial charge in [-0.25, -0.2) is 0 Å². The lowest BCUT2D eigenvalue weighted by atomic mass is 9.78. The first kappa shape index (κ1) is 13.1. The largest absolute Gasteiger partial charge is 0.452 e. The van der Waals surface area contributed by atoms with Crippen molar-refractivity contribution in [3.63, 3.8) is 0 Å². The maximum absolute atomic E-state index is 10.5. The summed E-state index contributed by atoms with van der Waals surface area (Å²) in [5.74, 6) is 1.31. The topological polar surface area (TPSA) is 59.4 Å². The Morgan fingerprint density at radius 1 is 1.65 bits per heavy atom. The fraction of sp³-hybridized carbons (Fsp3) is 0.692. The summed E-state index contributed by atoms with van der Waals surface area (Å²) < 4.78 is 6.12. The first-order chi connectivity index (χ1) is 8.11. The average molecular weight is 302 g/mol. The second-order valence-corrected chi connectivity index (χ2v) is 5.91. The summed E-state index contributed by atoms with van der Waals surface area (Å²) >= 11 is 3.27. The highest BCUT2D eigenvalue weighted by Crippen LogP contribution is 2.50. The van der Waals surface area contributed by atoms with Gasteiger partial charge < -0.3 is 15.3 Å². The van der Waals surface area contributed by atoms with Crippen molar-refractivity contribution in [3.8, 4) is 0 Å². The van der Waals surface area contributed by atoms with E-state index in [4.69, 9.17) is 10.2 Å². The van der Waals surface area contributed by atoms with Crippen LogP contribution >= 0.6 is 15.9 Å². The maximum atomic E-state index is 10.5. The zero-order valence-electron chi connectivity index (χ0n) is 10.2. The van der Waals surface area contributed by atoms with Crippen molar-refractivity contribution in [2.75, 3.05) is 6.54 Å². The van der Waals surface area contributed by atoms with Crippen molar-refractivity contribution in [1.82, 2.24) is 0 Å². The zero-order chi connectivity index (χ0) is 12.5. The smallest absolute Gasteiger partial charge is 0.169 e. The summed E-state index contributed by atoms with van der Waals surface area (Å²) in [6, 6.07) is 3.64. The fourth-order valence-electron chi connectivity index (χ4n) is 2.94. The van der Waals surface area contributed by atoms with Gasteiger partial charge in [-0.1, -0.05) is 13.3 Å². The molecule has 96 valence electrons. The molecule has 1 aromatic rings. The van der Waals surface area contributed by atoms with Crippen LogP contribution in [0.4, 0.5) is 0 Å². The van der Waals surface area contributed by atoms with Crippen LogP contribution in [0.1, 0.15) is 44.5 Å². The number of halogens is 1.